The number of aromatic nitrogens is 2. The number of nitrogens with zero attached hydrogens (tertiary/aromatic N) is 2. The Bertz CT molecular complexity index is 1150. The van der Waals surface area contributed by atoms with Gasteiger partial charge in [-0.25, -0.2) is 4.98 Å². The molecule has 0 aliphatic rings. The summed E-state index contributed by atoms with van der Waals surface area (Å²) in [4.78, 5) is 20.9. The summed E-state index contributed by atoms with van der Waals surface area (Å²) in [6.45, 7) is 2.71. The molecule has 7 heteroatoms. The Morgan fingerprint density at radius 3 is 2.90 bits per heavy atom. The lowest BCUT2D eigenvalue weighted by Crippen LogP contribution is -2.12. The molecule has 0 atom stereocenters. The van der Waals surface area contributed by atoms with Crippen LogP contribution in [-0.4, -0.2) is 27.6 Å². The van der Waals surface area contributed by atoms with E-state index < -0.39 is 0 Å². The minimum Gasteiger partial charge on any atom is -0.507 e. The molecule has 0 aliphatic carbocycles. The molecule has 0 unspecified atom stereocenters. The molecule has 7 nitrogen and oxygen atoms in total. The topological polar surface area (TPSA) is 97.5 Å². The van der Waals surface area contributed by atoms with Crippen LogP contribution in [-0.2, 0) is 0 Å². The van der Waals surface area contributed by atoms with Crippen LogP contribution in [0.4, 0.5) is 5.69 Å². The maximum atomic E-state index is 12.6. The molecular weight excluding hydrogens is 382 g/mol. The van der Waals surface area contributed by atoms with Crippen molar-refractivity contribution < 1.29 is 19.1 Å². The Hall–Kier alpha value is -3.87. The monoisotopic (exact) mass is 403 g/mol. The number of hydrogen-bond donors (Lipinski definition) is 2. The highest BCUT2D eigenvalue weighted by Crippen LogP contribution is 2.33. The number of benzene rings is 2. The number of aromatic hydroxyl groups is 1. The zero-order valence-corrected chi connectivity index (χ0v) is 16.5. The van der Waals surface area contributed by atoms with Crippen LogP contribution in [0.15, 0.2) is 65.3 Å². The fourth-order valence-corrected chi connectivity index (χ4v) is 2.95. The highest BCUT2D eigenvalue weighted by Gasteiger charge is 2.14. The lowest BCUT2D eigenvalue weighted by atomic mass is 10.1. The quantitative estimate of drug-likeness (QED) is 0.420. The van der Waals surface area contributed by atoms with Crippen LogP contribution in [0.25, 0.3) is 22.6 Å². The van der Waals surface area contributed by atoms with E-state index in [1.54, 1.807) is 48.8 Å². The Kier molecular flexibility index (Phi) is 5.61. The van der Waals surface area contributed by atoms with E-state index in [1.807, 2.05) is 6.07 Å². The number of carbonyl (C=O) groups excluding carboxylic acids is 1. The molecule has 0 bridgehead atoms. The zero-order chi connectivity index (χ0) is 20.9. The van der Waals surface area contributed by atoms with Gasteiger partial charge in [0.2, 0.25) is 5.89 Å². The molecule has 1 amide bonds. The van der Waals surface area contributed by atoms with E-state index in [2.05, 4.69) is 22.2 Å². The van der Waals surface area contributed by atoms with Gasteiger partial charge in [0.05, 0.1) is 18.4 Å². The number of phenols is 1. The number of phenolic OH excluding ortho intramolecular Hbond substituents is 1. The molecule has 2 aromatic carbocycles. The van der Waals surface area contributed by atoms with E-state index in [0.29, 0.717) is 40.3 Å². The molecule has 4 rings (SSSR count). The smallest absolute Gasteiger partial charge is 0.255 e. The number of amides is 1. The molecule has 0 saturated carbocycles. The van der Waals surface area contributed by atoms with Crippen molar-refractivity contribution in [3.8, 4) is 23.0 Å². The van der Waals surface area contributed by atoms with Crippen molar-refractivity contribution >= 4 is 22.7 Å². The third-order valence-corrected chi connectivity index (χ3v) is 4.54. The number of ether oxygens (including phenoxy) is 1. The summed E-state index contributed by atoms with van der Waals surface area (Å²) in [5, 5.41) is 13.2. The van der Waals surface area contributed by atoms with Gasteiger partial charge < -0.3 is 19.6 Å². The minimum atomic E-state index is -0.295. The van der Waals surface area contributed by atoms with Crippen LogP contribution < -0.4 is 10.1 Å². The molecule has 4 aromatic rings. The second kappa shape index (κ2) is 8.65. The van der Waals surface area contributed by atoms with Crippen LogP contribution in [0.5, 0.6) is 11.5 Å². The maximum Gasteiger partial charge on any atom is 0.255 e. The molecule has 0 fully saturated rings. The molecule has 0 saturated heterocycles. The molecule has 2 heterocycles. The highest BCUT2D eigenvalue weighted by molar-refractivity contribution is 6.04. The largest absolute Gasteiger partial charge is 0.507 e. The Morgan fingerprint density at radius 2 is 2.10 bits per heavy atom. The van der Waals surface area contributed by atoms with E-state index in [9.17, 15) is 9.90 Å². The number of oxazole rings is 1. The SMILES string of the molecule is CCCCOc1cccc(C(=O)Nc2ccc(-c3nc4cnccc4o3)c(O)c2)c1. The van der Waals surface area contributed by atoms with Crippen LogP contribution in [0.2, 0.25) is 0 Å². The Morgan fingerprint density at radius 1 is 1.20 bits per heavy atom. The normalized spacial score (nSPS) is 10.8. The third kappa shape index (κ3) is 4.25. The zero-order valence-electron chi connectivity index (χ0n) is 16.5. The number of hydrogen-bond acceptors (Lipinski definition) is 6. The maximum absolute atomic E-state index is 12.6. The lowest BCUT2D eigenvalue weighted by molar-refractivity contribution is 0.102. The summed E-state index contributed by atoms with van der Waals surface area (Å²) < 4.78 is 11.3. The highest BCUT2D eigenvalue weighted by atomic mass is 16.5. The van der Waals surface area contributed by atoms with Crippen molar-refractivity contribution in [3.63, 3.8) is 0 Å². The summed E-state index contributed by atoms with van der Waals surface area (Å²) in [5.74, 6) is 0.588. The van der Waals surface area contributed by atoms with E-state index >= 15 is 0 Å². The average molecular weight is 403 g/mol. The second-order valence-electron chi connectivity index (χ2n) is 6.78. The number of unbranched alkanes of at least 4 members (excludes halogenated alkanes) is 1. The predicted octanol–water partition coefficient (Wildman–Crippen LogP) is 5.03. The summed E-state index contributed by atoms with van der Waals surface area (Å²) in [6.07, 6.45) is 5.20. The summed E-state index contributed by atoms with van der Waals surface area (Å²) in [6, 6.07) is 13.5. The Balaban J connectivity index is 1.49. The summed E-state index contributed by atoms with van der Waals surface area (Å²) >= 11 is 0. The van der Waals surface area contributed by atoms with Gasteiger partial charge in [-0.05, 0) is 36.8 Å². The summed E-state index contributed by atoms with van der Waals surface area (Å²) in [5.41, 5.74) is 2.54. The molecule has 30 heavy (non-hydrogen) atoms. The number of nitrogens with one attached hydrogen (secondary N) is 1. The first-order chi connectivity index (χ1) is 14.6. The molecule has 2 N–H and O–H groups in total. The van der Waals surface area contributed by atoms with Crippen molar-refractivity contribution in [2.24, 2.45) is 0 Å². The van der Waals surface area contributed by atoms with Crippen molar-refractivity contribution in [1.82, 2.24) is 9.97 Å². The average Bonchev–Trinajstić information content (AvgIpc) is 3.18. The van der Waals surface area contributed by atoms with E-state index in [1.165, 1.54) is 6.07 Å². The molecular formula is C23H21N3O4. The van der Waals surface area contributed by atoms with Gasteiger partial charge in [-0.3, -0.25) is 9.78 Å². The first-order valence-corrected chi connectivity index (χ1v) is 9.72. The van der Waals surface area contributed by atoms with Crippen LogP contribution in [0.3, 0.4) is 0 Å². The van der Waals surface area contributed by atoms with Gasteiger partial charge in [-0.2, -0.15) is 0 Å². The number of rotatable bonds is 7. The van der Waals surface area contributed by atoms with Crippen molar-refractivity contribution in [2.45, 2.75) is 19.8 Å². The van der Waals surface area contributed by atoms with Crippen LogP contribution in [0.1, 0.15) is 30.1 Å². The van der Waals surface area contributed by atoms with Gasteiger partial charge in [-0.1, -0.05) is 19.4 Å². The molecule has 2 aromatic heterocycles. The number of pyridine rings is 1. The third-order valence-electron chi connectivity index (χ3n) is 4.54. The fourth-order valence-electron chi connectivity index (χ4n) is 2.95. The first kappa shape index (κ1) is 19.4. The van der Waals surface area contributed by atoms with Crippen molar-refractivity contribution in [2.75, 3.05) is 11.9 Å². The lowest BCUT2D eigenvalue weighted by Gasteiger charge is -2.09. The first-order valence-electron chi connectivity index (χ1n) is 9.72. The standard InChI is InChI=1S/C23H21N3O4/c1-2-3-11-29-17-6-4-5-15(12-17)22(28)25-16-7-8-18(20(27)13-16)23-26-19-14-24-10-9-21(19)30-23/h4-10,12-14,27H,2-3,11H2,1H3,(H,25,28). The fraction of sp³-hybridized carbons (Fsp3) is 0.174. The minimum absolute atomic E-state index is 0.0519. The van der Waals surface area contributed by atoms with E-state index in [0.717, 1.165) is 12.8 Å². The Labute approximate surface area is 173 Å². The van der Waals surface area contributed by atoms with E-state index in [4.69, 9.17) is 9.15 Å². The van der Waals surface area contributed by atoms with E-state index in [-0.39, 0.29) is 17.5 Å². The second-order valence-corrected chi connectivity index (χ2v) is 6.78. The van der Waals surface area contributed by atoms with Crippen LogP contribution in [0, 0.1) is 0 Å². The number of fused-ring (bicyclic) bond motifs is 1. The van der Waals surface area contributed by atoms with Gasteiger partial charge in [0.1, 0.15) is 17.0 Å². The van der Waals surface area contributed by atoms with Gasteiger partial charge in [0.25, 0.3) is 5.91 Å². The number of anilines is 1. The number of carbonyl (C=O) groups is 1. The molecule has 0 aliphatic heterocycles. The molecule has 0 radical (unpaired) electrons. The van der Waals surface area contributed by atoms with Gasteiger partial charge in [-0.15, -0.1) is 0 Å². The summed E-state index contributed by atoms with van der Waals surface area (Å²) in [7, 11) is 0. The molecule has 152 valence electrons. The molecule has 0 spiro atoms. The predicted molar refractivity (Wildman–Crippen MR) is 114 cm³/mol. The van der Waals surface area contributed by atoms with Gasteiger partial charge >= 0.3 is 0 Å². The van der Waals surface area contributed by atoms with Gasteiger partial charge in [0, 0.05) is 29.6 Å². The van der Waals surface area contributed by atoms with Crippen molar-refractivity contribution in [1.29, 1.82) is 0 Å². The van der Waals surface area contributed by atoms with Crippen LogP contribution >= 0.6 is 0 Å². The van der Waals surface area contributed by atoms with Crippen molar-refractivity contribution in [3.05, 3.63) is 66.5 Å². The van der Waals surface area contributed by atoms with Gasteiger partial charge in [0.15, 0.2) is 5.58 Å².